The Bertz CT molecular complexity index is 1140. The average molecular weight is 667 g/mol. The standard InChI is InChI=1S/C40H62N2O6/c1-3-5-7-9-11-15-27-42(28-16-12-10-8-6-4-2)30-36-29-37(33-21-19-32(31-43)20-22-33)48-40(47-36)34-23-25-35(26-24-34)41-38(44)17-13-14-18-39(45)46/h19-26,36-37,40,43H,3-18,27-31H2,1-2H3,(H,41,44)(H,45,46). The van der Waals surface area contributed by atoms with Crippen LogP contribution in [0, 0.1) is 0 Å². The largest absolute Gasteiger partial charge is 0.481 e. The topological polar surface area (TPSA) is 108 Å². The molecule has 1 aliphatic rings. The zero-order valence-corrected chi connectivity index (χ0v) is 29.7. The Morgan fingerprint density at radius 3 is 1.88 bits per heavy atom. The molecule has 1 amide bonds. The summed E-state index contributed by atoms with van der Waals surface area (Å²) >= 11 is 0. The zero-order chi connectivity index (χ0) is 34.4. The van der Waals surface area contributed by atoms with Gasteiger partial charge in [0.25, 0.3) is 0 Å². The molecule has 3 rings (SSSR count). The molecule has 0 radical (unpaired) electrons. The highest BCUT2D eigenvalue weighted by molar-refractivity contribution is 5.90. The highest BCUT2D eigenvalue weighted by Gasteiger charge is 2.33. The molecule has 2 aromatic rings. The van der Waals surface area contributed by atoms with Crippen LogP contribution in [-0.4, -0.2) is 52.7 Å². The lowest BCUT2D eigenvalue weighted by atomic mass is 9.99. The first kappa shape index (κ1) is 39.7. The van der Waals surface area contributed by atoms with Gasteiger partial charge >= 0.3 is 5.97 Å². The number of carboxylic acid groups (broad SMARTS) is 1. The number of ether oxygens (including phenoxy) is 2. The number of benzene rings is 2. The Morgan fingerprint density at radius 2 is 1.29 bits per heavy atom. The van der Waals surface area contributed by atoms with E-state index < -0.39 is 12.3 Å². The second kappa shape index (κ2) is 23.6. The molecule has 8 heteroatoms. The Kier molecular flexibility index (Phi) is 19.5. The van der Waals surface area contributed by atoms with Crippen LogP contribution in [0.1, 0.15) is 152 Å². The van der Waals surface area contributed by atoms with Crippen LogP contribution in [0.3, 0.4) is 0 Å². The normalized spacial score (nSPS) is 17.9. The van der Waals surface area contributed by atoms with Crippen molar-refractivity contribution in [3.05, 3.63) is 65.2 Å². The number of rotatable bonds is 25. The smallest absolute Gasteiger partial charge is 0.303 e. The van der Waals surface area contributed by atoms with E-state index in [1.54, 1.807) is 0 Å². The summed E-state index contributed by atoms with van der Waals surface area (Å²) in [5, 5.41) is 21.3. The minimum atomic E-state index is -0.840. The Hall–Kier alpha value is -2.78. The van der Waals surface area contributed by atoms with Crippen molar-refractivity contribution < 1.29 is 29.3 Å². The molecule has 268 valence electrons. The highest BCUT2D eigenvalue weighted by atomic mass is 16.7. The zero-order valence-electron chi connectivity index (χ0n) is 29.7. The van der Waals surface area contributed by atoms with Crippen molar-refractivity contribution in [2.45, 2.75) is 148 Å². The third-order valence-corrected chi connectivity index (χ3v) is 9.24. The molecule has 2 aromatic carbocycles. The van der Waals surface area contributed by atoms with Crippen LogP contribution in [-0.2, 0) is 25.7 Å². The molecule has 0 aliphatic carbocycles. The fourth-order valence-corrected chi connectivity index (χ4v) is 6.36. The number of aliphatic carboxylic acids is 1. The molecule has 0 aromatic heterocycles. The Morgan fingerprint density at radius 1 is 0.729 bits per heavy atom. The SMILES string of the molecule is CCCCCCCCN(CCCCCCCC)CC1CC(c2ccc(CO)cc2)OC(c2ccc(NC(=O)CCCCC(=O)O)cc2)O1. The Labute approximate surface area is 289 Å². The molecular weight excluding hydrogens is 604 g/mol. The predicted molar refractivity (Wildman–Crippen MR) is 193 cm³/mol. The molecule has 0 bridgehead atoms. The van der Waals surface area contributed by atoms with Gasteiger partial charge in [-0.15, -0.1) is 0 Å². The molecule has 3 atom stereocenters. The summed E-state index contributed by atoms with van der Waals surface area (Å²) in [6.45, 7) is 7.58. The van der Waals surface area contributed by atoms with Gasteiger partial charge in [0.1, 0.15) is 0 Å². The lowest BCUT2D eigenvalue weighted by molar-refractivity contribution is -0.253. The molecule has 0 saturated carbocycles. The van der Waals surface area contributed by atoms with Gasteiger partial charge < -0.3 is 29.9 Å². The number of anilines is 1. The maximum absolute atomic E-state index is 12.4. The van der Waals surface area contributed by atoms with Crippen molar-refractivity contribution in [1.82, 2.24) is 4.90 Å². The molecule has 3 unspecified atom stereocenters. The number of carbonyl (C=O) groups excluding carboxylic acids is 1. The quantitative estimate of drug-likeness (QED) is 0.0907. The molecule has 1 aliphatic heterocycles. The van der Waals surface area contributed by atoms with Crippen molar-refractivity contribution in [3.8, 4) is 0 Å². The van der Waals surface area contributed by atoms with E-state index in [0.29, 0.717) is 18.5 Å². The van der Waals surface area contributed by atoms with Gasteiger partial charge in [0.05, 0.1) is 18.8 Å². The highest BCUT2D eigenvalue weighted by Crippen LogP contribution is 2.38. The molecule has 3 N–H and O–H groups in total. The Balaban J connectivity index is 1.68. The summed E-state index contributed by atoms with van der Waals surface area (Å²) in [5.74, 6) is -0.964. The number of carboxylic acids is 1. The molecule has 1 saturated heterocycles. The van der Waals surface area contributed by atoms with E-state index in [1.807, 2.05) is 36.4 Å². The molecule has 1 fully saturated rings. The molecule has 48 heavy (non-hydrogen) atoms. The fraction of sp³-hybridized carbons (Fsp3) is 0.650. The maximum atomic E-state index is 12.4. The second-order valence-corrected chi connectivity index (χ2v) is 13.5. The average Bonchev–Trinajstić information content (AvgIpc) is 3.09. The first-order valence-electron chi connectivity index (χ1n) is 18.8. The number of carbonyl (C=O) groups is 2. The van der Waals surface area contributed by atoms with Gasteiger partial charge in [-0.3, -0.25) is 9.59 Å². The first-order valence-corrected chi connectivity index (χ1v) is 18.8. The third kappa shape index (κ3) is 15.6. The number of hydrogen-bond acceptors (Lipinski definition) is 6. The number of amides is 1. The number of nitrogens with one attached hydrogen (secondary N) is 1. The molecule has 0 spiro atoms. The second-order valence-electron chi connectivity index (χ2n) is 13.5. The minimum Gasteiger partial charge on any atom is -0.481 e. The van der Waals surface area contributed by atoms with Gasteiger partial charge in [-0.25, -0.2) is 0 Å². The summed E-state index contributed by atoms with van der Waals surface area (Å²) in [5.41, 5.74) is 3.54. The first-order chi connectivity index (χ1) is 23.4. The van der Waals surface area contributed by atoms with E-state index in [0.717, 1.165) is 42.7 Å². The van der Waals surface area contributed by atoms with Crippen LogP contribution in [0.2, 0.25) is 0 Å². The summed E-state index contributed by atoms with van der Waals surface area (Å²) in [6, 6.07) is 15.7. The van der Waals surface area contributed by atoms with Gasteiger partial charge in [0, 0.05) is 37.1 Å². The fourth-order valence-electron chi connectivity index (χ4n) is 6.36. The molecule has 1 heterocycles. The van der Waals surface area contributed by atoms with Crippen LogP contribution in [0.5, 0.6) is 0 Å². The van der Waals surface area contributed by atoms with Crippen molar-refractivity contribution >= 4 is 17.6 Å². The van der Waals surface area contributed by atoms with E-state index in [-0.39, 0.29) is 37.6 Å². The van der Waals surface area contributed by atoms with Gasteiger partial charge in [0.15, 0.2) is 6.29 Å². The van der Waals surface area contributed by atoms with Crippen molar-refractivity contribution in [3.63, 3.8) is 0 Å². The number of hydrogen-bond donors (Lipinski definition) is 3. The summed E-state index contributed by atoms with van der Waals surface area (Å²) in [4.78, 5) is 25.7. The van der Waals surface area contributed by atoms with Gasteiger partial charge in [-0.1, -0.05) is 114 Å². The van der Waals surface area contributed by atoms with Crippen molar-refractivity contribution in [1.29, 1.82) is 0 Å². The van der Waals surface area contributed by atoms with E-state index >= 15 is 0 Å². The van der Waals surface area contributed by atoms with E-state index in [4.69, 9.17) is 14.6 Å². The maximum Gasteiger partial charge on any atom is 0.303 e. The van der Waals surface area contributed by atoms with Gasteiger partial charge in [-0.2, -0.15) is 0 Å². The summed E-state index contributed by atoms with van der Waals surface area (Å²) in [6.07, 6.45) is 16.9. The minimum absolute atomic E-state index is 0.00312. The lowest BCUT2D eigenvalue weighted by Gasteiger charge is -2.38. The van der Waals surface area contributed by atoms with Crippen LogP contribution < -0.4 is 5.32 Å². The van der Waals surface area contributed by atoms with Crippen LogP contribution in [0.25, 0.3) is 0 Å². The number of nitrogens with zero attached hydrogens (tertiary/aromatic N) is 1. The number of aliphatic hydroxyl groups is 1. The van der Waals surface area contributed by atoms with Gasteiger partial charge in [-0.05, 0) is 62.0 Å². The van der Waals surface area contributed by atoms with Crippen LogP contribution in [0.15, 0.2) is 48.5 Å². The van der Waals surface area contributed by atoms with Crippen molar-refractivity contribution in [2.24, 2.45) is 0 Å². The van der Waals surface area contributed by atoms with Crippen molar-refractivity contribution in [2.75, 3.05) is 25.0 Å². The summed E-state index contributed by atoms with van der Waals surface area (Å²) in [7, 11) is 0. The third-order valence-electron chi connectivity index (χ3n) is 9.24. The van der Waals surface area contributed by atoms with E-state index in [1.165, 1.54) is 77.0 Å². The predicted octanol–water partition coefficient (Wildman–Crippen LogP) is 9.33. The van der Waals surface area contributed by atoms with E-state index in [2.05, 4.69) is 36.2 Å². The molecule has 8 nitrogen and oxygen atoms in total. The van der Waals surface area contributed by atoms with Crippen LogP contribution in [0.4, 0.5) is 5.69 Å². The monoisotopic (exact) mass is 666 g/mol. The number of aliphatic hydroxyl groups excluding tert-OH is 1. The van der Waals surface area contributed by atoms with Gasteiger partial charge in [0.2, 0.25) is 5.91 Å². The summed E-state index contributed by atoms with van der Waals surface area (Å²) < 4.78 is 13.3. The van der Waals surface area contributed by atoms with E-state index in [9.17, 15) is 14.7 Å². The molecular formula is C40H62N2O6. The number of unbranched alkanes of at least 4 members (excludes halogenated alkanes) is 11. The van der Waals surface area contributed by atoms with Crippen LogP contribution >= 0.6 is 0 Å². The lowest BCUT2D eigenvalue weighted by Crippen LogP contribution is -2.40.